The van der Waals surface area contributed by atoms with Gasteiger partial charge in [0, 0.05) is 15.1 Å². The fourth-order valence-corrected chi connectivity index (χ4v) is 3.14. The topological polar surface area (TPSA) is 18.5 Å². The number of methoxy groups -OCH3 is 2. The Morgan fingerprint density at radius 1 is 1.05 bits per heavy atom. The minimum Gasteiger partial charge on any atom is -0.493 e. The molecule has 2 nitrogen and oxygen atoms in total. The zero-order chi connectivity index (χ0) is 15.6. The third-order valence-corrected chi connectivity index (χ3v) is 4.40. The van der Waals surface area contributed by atoms with E-state index in [0.717, 1.165) is 0 Å². The average Bonchev–Trinajstić information content (AvgIpc) is 2.46. The highest BCUT2D eigenvalue weighted by molar-refractivity contribution is 9.10. The number of alkyl halides is 1. The van der Waals surface area contributed by atoms with Gasteiger partial charge in [0.25, 0.3) is 0 Å². The largest absolute Gasteiger partial charge is 0.493 e. The maximum absolute atomic E-state index is 14.0. The Hall–Kier alpha value is -0.970. The summed E-state index contributed by atoms with van der Waals surface area (Å²) in [5.41, 5.74) is 1.02. The Morgan fingerprint density at radius 3 is 2.24 bits per heavy atom. The van der Waals surface area contributed by atoms with E-state index >= 15 is 0 Å². The molecule has 0 aromatic heterocycles. The fourth-order valence-electron chi connectivity index (χ4n) is 1.94. The first-order valence-corrected chi connectivity index (χ1v) is 7.59. The molecule has 0 amide bonds. The molecule has 1 unspecified atom stereocenters. The lowest BCUT2D eigenvalue weighted by molar-refractivity contribution is 0.354. The van der Waals surface area contributed by atoms with Crippen LogP contribution in [0.4, 0.5) is 4.39 Å². The lowest BCUT2D eigenvalue weighted by atomic mass is 10.0. The van der Waals surface area contributed by atoms with Crippen LogP contribution in [-0.4, -0.2) is 14.2 Å². The van der Waals surface area contributed by atoms with E-state index in [1.807, 2.05) is 0 Å². The van der Waals surface area contributed by atoms with Crippen molar-refractivity contribution in [3.8, 4) is 11.5 Å². The molecule has 0 saturated heterocycles. The lowest BCUT2D eigenvalue weighted by Gasteiger charge is -2.16. The predicted molar refractivity (Wildman–Crippen MR) is 86.4 cm³/mol. The Kier molecular flexibility index (Phi) is 5.36. The van der Waals surface area contributed by atoms with Crippen molar-refractivity contribution >= 4 is 39.1 Å². The van der Waals surface area contributed by atoms with Crippen LogP contribution in [-0.2, 0) is 0 Å². The van der Waals surface area contributed by atoms with Gasteiger partial charge in [-0.2, -0.15) is 0 Å². The number of benzene rings is 2. The van der Waals surface area contributed by atoms with E-state index in [9.17, 15) is 4.39 Å². The van der Waals surface area contributed by atoms with Gasteiger partial charge in [-0.1, -0.05) is 33.6 Å². The molecule has 0 heterocycles. The van der Waals surface area contributed by atoms with Crippen LogP contribution in [0.3, 0.4) is 0 Å². The molecule has 2 rings (SSSR count). The normalized spacial score (nSPS) is 12.1. The minimum atomic E-state index is -0.684. The molecule has 112 valence electrons. The summed E-state index contributed by atoms with van der Waals surface area (Å²) in [5.74, 6) is 0.633. The van der Waals surface area contributed by atoms with Gasteiger partial charge >= 0.3 is 0 Å². The van der Waals surface area contributed by atoms with Crippen molar-refractivity contribution in [3.05, 3.63) is 56.8 Å². The molecule has 0 aliphatic carbocycles. The lowest BCUT2D eigenvalue weighted by Crippen LogP contribution is -2.00. The highest BCUT2D eigenvalue weighted by atomic mass is 79.9. The van der Waals surface area contributed by atoms with Crippen molar-refractivity contribution in [2.45, 2.75) is 5.38 Å². The number of ether oxygens (including phenoxy) is 2. The SMILES string of the molecule is COc1cc(Br)c(C(Cl)c2ccc(Cl)cc2F)cc1OC. The van der Waals surface area contributed by atoms with E-state index in [-0.39, 0.29) is 0 Å². The van der Waals surface area contributed by atoms with Crippen LogP contribution in [0.5, 0.6) is 11.5 Å². The molecule has 6 heteroatoms. The molecular formula is C15H12BrCl2FO2. The van der Waals surface area contributed by atoms with Crippen molar-refractivity contribution in [2.75, 3.05) is 14.2 Å². The monoisotopic (exact) mass is 392 g/mol. The van der Waals surface area contributed by atoms with Gasteiger partial charge < -0.3 is 9.47 Å². The second kappa shape index (κ2) is 6.86. The van der Waals surface area contributed by atoms with E-state index < -0.39 is 11.2 Å². The summed E-state index contributed by atoms with van der Waals surface area (Å²) < 4.78 is 25.2. The zero-order valence-electron chi connectivity index (χ0n) is 11.3. The molecule has 21 heavy (non-hydrogen) atoms. The fraction of sp³-hybridized carbons (Fsp3) is 0.200. The summed E-state index contributed by atoms with van der Waals surface area (Å²) in [5, 5.41) is -0.358. The minimum absolute atomic E-state index is 0.325. The number of hydrogen-bond donors (Lipinski definition) is 0. The molecule has 2 aromatic rings. The van der Waals surface area contributed by atoms with Crippen LogP contribution in [0, 0.1) is 5.82 Å². The van der Waals surface area contributed by atoms with Gasteiger partial charge in [0.15, 0.2) is 11.5 Å². The molecule has 0 bridgehead atoms. The summed E-state index contributed by atoms with van der Waals surface area (Å²) >= 11 is 15.6. The van der Waals surface area contributed by atoms with Crippen LogP contribution < -0.4 is 9.47 Å². The van der Waals surface area contributed by atoms with E-state index in [1.54, 1.807) is 31.4 Å². The molecule has 0 spiro atoms. The number of hydrogen-bond acceptors (Lipinski definition) is 2. The van der Waals surface area contributed by atoms with E-state index in [1.165, 1.54) is 13.2 Å². The maximum Gasteiger partial charge on any atom is 0.161 e. The zero-order valence-corrected chi connectivity index (χ0v) is 14.4. The molecule has 0 saturated carbocycles. The first-order chi connectivity index (χ1) is 9.97. The Labute approximate surface area is 140 Å². The molecule has 0 aliphatic rings. The Morgan fingerprint density at radius 2 is 1.67 bits per heavy atom. The van der Waals surface area contributed by atoms with Crippen molar-refractivity contribution in [1.29, 1.82) is 0 Å². The maximum atomic E-state index is 14.0. The van der Waals surface area contributed by atoms with Crippen LogP contribution >= 0.6 is 39.1 Å². The van der Waals surface area contributed by atoms with Crippen molar-refractivity contribution in [1.82, 2.24) is 0 Å². The summed E-state index contributed by atoms with van der Waals surface area (Å²) in [4.78, 5) is 0. The average molecular weight is 394 g/mol. The third kappa shape index (κ3) is 3.44. The molecular weight excluding hydrogens is 382 g/mol. The molecule has 0 aliphatic heterocycles. The van der Waals surface area contributed by atoms with E-state index in [2.05, 4.69) is 15.9 Å². The van der Waals surface area contributed by atoms with Gasteiger partial charge in [-0.25, -0.2) is 4.39 Å². The van der Waals surface area contributed by atoms with Gasteiger partial charge in [-0.3, -0.25) is 0 Å². The summed E-state index contributed by atoms with van der Waals surface area (Å²) in [7, 11) is 3.07. The quantitative estimate of drug-likeness (QED) is 0.630. The number of halogens is 4. The van der Waals surface area contributed by atoms with Crippen LogP contribution in [0.2, 0.25) is 5.02 Å². The molecule has 0 radical (unpaired) electrons. The van der Waals surface area contributed by atoms with Gasteiger partial charge in [-0.05, 0) is 29.8 Å². The van der Waals surface area contributed by atoms with E-state index in [0.29, 0.717) is 32.1 Å². The molecule has 1 atom stereocenters. The first kappa shape index (κ1) is 16.4. The molecule has 0 N–H and O–H groups in total. The highest BCUT2D eigenvalue weighted by Crippen LogP contribution is 2.41. The second-order valence-corrected chi connectivity index (χ2v) is 5.98. The molecule has 2 aromatic carbocycles. The summed E-state index contributed by atoms with van der Waals surface area (Å²) in [6, 6.07) is 7.86. The summed E-state index contributed by atoms with van der Waals surface area (Å²) in [6.07, 6.45) is 0. The van der Waals surface area contributed by atoms with Gasteiger partial charge in [0.05, 0.1) is 19.6 Å². The predicted octanol–water partition coefficient (Wildman–Crippen LogP) is 5.59. The van der Waals surface area contributed by atoms with Crippen molar-refractivity contribution in [2.24, 2.45) is 0 Å². The second-order valence-electron chi connectivity index (χ2n) is 4.26. The summed E-state index contributed by atoms with van der Waals surface area (Å²) in [6.45, 7) is 0. The van der Waals surface area contributed by atoms with Crippen LogP contribution in [0.25, 0.3) is 0 Å². The third-order valence-electron chi connectivity index (χ3n) is 3.01. The van der Waals surface area contributed by atoms with Crippen molar-refractivity contribution < 1.29 is 13.9 Å². The van der Waals surface area contributed by atoms with Gasteiger partial charge in [0.1, 0.15) is 5.82 Å². The van der Waals surface area contributed by atoms with Gasteiger partial charge in [0.2, 0.25) is 0 Å². The number of rotatable bonds is 4. The smallest absolute Gasteiger partial charge is 0.161 e. The standard InChI is InChI=1S/C15H12BrCl2FO2/c1-20-13-6-10(11(16)7-14(13)21-2)15(18)9-4-3-8(17)5-12(9)19/h3-7,15H,1-2H3. The first-order valence-electron chi connectivity index (χ1n) is 5.98. The van der Waals surface area contributed by atoms with Crippen LogP contribution in [0.1, 0.15) is 16.5 Å². The van der Waals surface area contributed by atoms with E-state index in [4.69, 9.17) is 32.7 Å². The Balaban J connectivity index is 2.50. The van der Waals surface area contributed by atoms with Crippen LogP contribution in [0.15, 0.2) is 34.8 Å². The Bertz CT molecular complexity index is 664. The molecule has 0 fully saturated rings. The van der Waals surface area contributed by atoms with Gasteiger partial charge in [-0.15, -0.1) is 11.6 Å². The highest BCUT2D eigenvalue weighted by Gasteiger charge is 2.20. The van der Waals surface area contributed by atoms with Crippen molar-refractivity contribution in [3.63, 3.8) is 0 Å².